The molecule has 0 saturated carbocycles. The maximum atomic E-state index is 14.0. The highest BCUT2D eigenvalue weighted by atomic mass is 19.1. The smallest absolute Gasteiger partial charge is 0.128 e. The van der Waals surface area contributed by atoms with Crippen molar-refractivity contribution < 1.29 is 4.39 Å². The molecule has 0 bridgehead atoms. The van der Waals surface area contributed by atoms with Crippen molar-refractivity contribution in [2.45, 2.75) is 39.4 Å². The van der Waals surface area contributed by atoms with Gasteiger partial charge in [-0.05, 0) is 32.4 Å². The minimum atomic E-state index is -0.133. The van der Waals surface area contributed by atoms with Gasteiger partial charge in [0.2, 0.25) is 0 Å². The third-order valence-electron chi connectivity index (χ3n) is 4.07. The second-order valence-corrected chi connectivity index (χ2v) is 6.56. The highest BCUT2D eigenvalue weighted by molar-refractivity contribution is 5.24. The van der Waals surface area contributed by atoms with Crippen molar-refractivity contribution in [1.29, 1.82) is 0 Å². The highest BCUT2D eigenvalue weighted by Crippen LogP contribution is 2.18. The molecule has 0 spiro atoms. The Morgan fingerprint density at radius 2 is 1.80 bits per heavy atom. The van der Waals surface area contributed by atoms with E-state index in [4.69, 9.17) is 5.73 Å². The summed E-state index contributed by atoms with van der Waals surface area (Å²) < 4.78 is 14.0. The largest absolute Gasteiger partial charge is 0.326 e. The lowest BCUT2D eigenvalue weighted by atomic mass is 10.0. The Balaban J connectivity index is 1.93. The van der Waals surface area contributed by atoms with Crippen LogP contribution in [0.4, 0.5) is 4.39 Å². The normalized spacial score (nSPS) is 18.4. The zero-order valence-corrected chi connectivity index (χ0v) is 12.8. The van der Waals surface area contributed by atoms with Gasteiger partial charge in [0, 0.05) is 50.4 Å². The topological polar surface area (TPSA) is 32.5 Å². The molecule has 2 rings (SSSR count). The molecule has 1 fully saturated rings. The molecular formula is C16H26FN3. The Morgan fingerprint density at radius 1 is 1.15 bits per heavy atom. The quantitative estimate of drug-likeness (QED) is 0.920. The predicted molar refractivity (Wildman–Crippen MR) is 80.9 cm³/mol. The lowest BCUT2D eigenvalue weighted by Crippen LogP contribution is -2.53. The molecule has 20 heavy (non-hydrogen) atoms. The average molecular weight is 279 g/mol. The molecule has 0 aromatic heterocycles. The summed E-state index contributed by atoms with van der Waals surface area (Å²) in [5.74, 6) is -0.133. The van der Waals surface area contributed by atoms with Crippen molar-refractivity contribution in [2.24, 2.45) is 5.73 Å². The number of hydrogen-bond donors (Lipinski definition) is 1. The van der Waals surface area contributed by atoms with E-state index in [9.17, 15) is 4.39 Å². The van der Waals surface area contributed by atoms with Crippen LogP contribution in [0.5, 0.6) is 0 Å². The SMILES string of the molecule is CC(C)(C)N1CCN(Cc2ccc(CN)cc2F)CC1. The van der Waals surface area contributed by atoms with Gasteiger partial charge < -0.3 is 5.73 Å². The molecule has 1 aromatic rings. The van der Waals surface area contributed by atoms with Crippen molar-refractivity contribution in [1.82, 2.24) is 9.80 Å². The molecule has 0 amide bonds. The molecule has 1 aromatic carbocycles. The van der Waals surface area contributed by atoms with Gasteiger partial charge in [-0.2, -0.15) is 0 Å². The molecule has 1 saturated heterocycles. The lowest BCUT2D eigenvalue weighted by molar-refractivity contribution is 0.0586. The summed E-state index contributed by atoms with van der Waals surface area (Å²) in [6.07, 6.45) is 0. The fourth-order valence-electron chi connectivity index (χ4n) is 2.66. The molecule has 112 valence electrons. The number of benzene rings is 1. The van der Waals surface area contributed by atoms with Crippen molar-refractivity contribution >= 4 is 0 Å². The van der Waals surface area contributed by atoms with Crippen LogP contribution < -0.4 is 5.73 Å². The van der Waals surface area contributed by atoms with Crippen LogP contribution in [0.15, 0.2) is 18.2 Å². The second-order valence-electron chi connectivity index (χ2n) is 6.56. The van der Waals surface area contributed by atoms with Gasteiger partial charge in [0.05, 0.1) is 0 Å². The van der Waals surface area contributed by atoms with Crippen molar-refractivity contribution in [2.75, 3.05) is 26.2 Å². The van der Waals surface area contributed by atoms with Crippen molar-refractivity contribution in [3.8, 4) is 0 Å². The molecule has 2 N–H and O–H groups in total. The fourth-order valence-corrected chi connectivity index (χ4v) is 2.66. The van der Waals surface area contributed by atoms with E-state index >= 15 is 0 Å². The van der Waals surface area contributed by atoms with Gasteiger partial charge in [-0.3, -0.25) is 9.80 Å². The van der Waals surface area contributed by atoms with E-state index < -0.39 is 0 Å². The molecule has 1 heterocycles. The second kappa shape index (κ2) is 6.20. The molecule has 4 heteroatoms. The summed E-state index contributed by atoms with van der Waals surface area (Å²) >= 11 is 0. The first kappa shape index (κ1) is 15.4. The summed E-state index contributed by atoms with van der Waals surface area (Å²) in [6.45, 7) is 11.9. The van der Waals surface area contributed by atoms with Crippen LogP contribution in [0.2, 0.25) is 0 Å². The van der Waals surface area contributed by atoms with Crippen LogP contribution in [-0.2, 0) is 13.1 Å². The number of piperazine rings is 1. The Morgan fingerprint density at radius 3 is 2.30 bits per heavy atom. The van der Waals surface area contributed by atoms with Gasteiger partial charge >= 0.3 is 0 Å². The number of hydrogen-bond acceptors (Lipinski definition) is 3. The molecule has 0 radical (unpaired) electrons. The Bertz CT molecular complexity index is 446. The monoisotopic (exact) mass is 279 g/mol. The molecule has 1 aliphatic heterocycles. The van der Waals surface area contributed by atoms with Crippen molar-refractivity contribution in [3.63, 3.8) is 0 Å². The number of nitrogens with zero attached hydrogens (tertiary/aromatic N) is 2. The van der Waals surface area contributed by atoms with Crippen LogP contribution >= 0.6 is 0 Å². The zero-order chi connectivity index (χ0) is 14.8. The molecule has 0 unspecified atom stereocenters. The Hall–Kier alpha value is -0.970. The van der Waals surface area contributed by atoms with Gasteiger partial charge in [-0.15, -0.1) is 0 Å². The zero-order valence-electron chi connectivity index (χ0n) is 12.8. The predicted octanol–water partition coefficient (Wildman–Crippen LogP) is 2.20. The number of nitrogens with two attached hydrogens (primary N) is 1. The first-order chi connectivity index (χ1) is 9.40. The molecule has 0 atom stereocenters. The summed E-state index contributed by atoms with van der Waals surface area (Å²) in [7, 11) is 0. The highest BCUT2D eigenvalue weighted by Gasteiger charge is 2.25. The summed E-state index contributed by atoms with van der Waals surface area (Å²) in [5.41, 5.74) is 7.37. The minimum absolute atomic E-state index is 0.133. The maximum absolute atomic E-state index is 14.0. The lowest BCUT2D eigenvalue weighted by Gasteiger charge is -2.42. The van der Waals surface area contributed by atoms with E-state index in [1.807, 2.05) is 12.1 Å². The number of rotatable bonds is 3. The number of halogens is 1. The van der Waals surface area contributed by atoms with E-state index in [1.165, 1.54) is 0 Å². The van der Waals surface area contributed by atoms with Crippen LogP contribution in [0.25, 0.3) is 0 Å². The van der Waals surface area contributed by atoms with Gasteiger partial charge in [0.1, 0.15) is 5.82 Å². The molecule has 0 aliphatic carbocycles. The van der Waals surface area contributed by atoms with Crippen LogP contribution in [0, 0.1) is 5.82 Å². The Labute approximate surface area is 121 Å². The first-order valence-corrected chi connectivity index (χ1v) is 7.35. The molecule has 1 aliphatic rings. The third-order valence-corrected chi connectivity index (χ3v) is 4.07. The van der Waals surface area contributed by atoms with Gasteiger partial charge in [-0.25, -0.2) is 4.39 Å². The molecule has 3 nitrogen and oxygen atoms in total. The van der Waals surface area contributed by atoms with E-state index in [0.29, 0.717) is 13.1 Å². The van der Waals surface area contributed by atoms with E-state index in [0.717, 1.165) is 37.3 Å². The fraction of sp³-hybridized carbons (Fsp3) is 0.625. The maximum Gasteiger partial charge on any atom is 0.128 e. The average Bonchev–Trinajstić information content (AvgIpc) is 2.40. The molecular weight excluding hydrogens is 253 g/mol. The standard InChI is InChI=1S/C16H26FN3/c1-16(2,3)20-8-6-19(7-9-20)12-14-5-4-13(11-18)10-15(14)17/h4-5,10H,6-9,11-12,18H2,1-3H3. The van der Waals surface area contributed by atoms with Crippen LogP contribution in [0.1, 0.15) is 31.9 Å². The van der Waals surface area contributed by atoms with Crippen LogP contribution in [0.3, 0.4) is 0 Å². The van der Waals surface area contributed by atoms with E-state index in [1.54, 1.807) is 6.07 Å². The van der Waals surface area contributed by atoms with Crippen molar-refractivity contribution in [3.05, 3.63) is 35.1 Å². The van der Waals surface area contributed by atoms with E-state index in [2.05, 4.69) is 30.6 Å². The summed E-state index contributed by atoms with van der Waals surface area (Å²) in [4.78, 5) is 4.81. The third kappa shape index (κ3) is 3.78. The van der Waals surface area contributed by atoms with E-state index in [-0.39, 0.29) is 11.4 Å². The van der Waals surface area contributed by atoms with Gasteiger partial charge in [0.25, 0.3) is 0 Å². The Kier molecular flexibility index (Phi) is 4.78. The van der Waals surface area contributed by atoms with Gasteiger partial charge in [-0.1, -0.05) is 12.1 Å². The van der Waals surface area contributed by atoms with Crippen LogP contribution in [-0.4, -0.2) is 41.5 Å². The first-order valence-electron chi connectivity index (χ1n) is 7.35. The summed E-state index contributed by atoms with van der Waals surface area (Å²) in [5, 5.41) is 0. The minimum Gasteiger partial charge on any atom is -0.326 e. The summed E-state index contributed by atoms with van der Waals surface area (Å²) in [6, 6.07) is 5.35. The van der Waals surface area contributed by atoms with Gasteiger partial charge in [0.15, 0.2) is 0 Å².